The summed E-state index contributed by atoms with van der Waals surface area (Å²) in [5.74, 6) is 0. The molecule has 0 bridgehead atoms. The Kier molecular flexibility index (Phi) is 5.27. The van der Waals surface area contributed by atoms with Crippen LogP contribution in [0, 0.1) is 0 Å². The summed E-state index contributed by atoms with van der Waals surface area (Å²) >= 11 is 0. The predicted molar refractivity (Wildman–Crippen MR) is 84.7 cm³/mol. The Morgan fingerprint density at radius 3 is 1.81 bits per heavy atom. The molecule has 4 nitrogen and oxygen atoms in total. The lowest BCUT2D eigenvalue weighted by molar-refractivity contribution is 0.536. The first-order chi connectivity index (χ1) is 10.1. The fraction of sp³-hybridized carbons (Fsp3) is 0.125. The van der Waals surface area contributed by atoms with E-state index in [1.54, 1.807) is 6.92 Å². The van der Waals surface area contributed by atoms with Crippen molar-refractivity contribution in [2.24, 2.45) is 0 Å². The Balaban J connectivity index is 2.26. The van der Waals surface area contributed by atoms with E-state index in [1.165, 1.54) is 6.08 Å². The Labute approximate surface area is 125 Å². The molecule has 0 radical (unpaired) electrons. The topological polar surface area (TPSA) is 58.2 Å². The molecule has 0 aliphatic heterocycles. The van der Waals surface area contributed by atoms with Crippen molar-refractivity contribution in [2.75, 3.05) is 0 Å². The van der Waals surface area contributed by atoms with Gasteiger partial charge in [0.05, 0.1) is 6.04 Å². The van der Waals surface area contributed by atoms with Gasteiger partial charge in [-0.15, -0.1) is 4.83 Å². The van der Waals surface area contributed by atoms with Gasteiger partial charge in [0, 0.05) is 5.41 Å². The number of rotatable bonds is 6. The molecule has 2 aromatic carbocycles. The van der Waals surface area contributed by atoms with E-state index in [1.807, 2.05) is 60.7 Å². The molecular formula is C16H18N2O2S. The molecule has 0 aliphatic carbocycles. The number of allylic oxidation sites excluding steroid dienone is 1. The van der Waals surface area contributed by atoms with Crippen LogP contribution in [0.2, 0.25) is 0 Å². The second-order valence-corrected chi connectivity index (χ2v) is 6.08. The SMILES string of the molecule is CC=CS(=O)(=O)NNC(c1ccccc1)c1ccccc1. The number of hydrogen-bond acceptors (Lipinski definition) is 3. The number of nitrogens with one attached hydrogen (secondary N) is 2. The van der Waals surface area contributed by atoms with Crippen molar-refractivity contribution in [3.05, 3.63) is 83.3 Å². The van der Waals surface area contributed by atoms with Gasteiger partial charge in [-0.2, -0.15) is 0 Å². The molecule has 21 heavy (non-hydrogen) atoms. The zero-order chi connectivity index (χ0) is 15.1. The average Bonchev–Trinajstić information content (AvgIpc) is 2.49. The van der Waals surface area contributed by atoms with Crippen LogP contribution in [-0.2, 0) is 10.0 Å². The van der Waals surface area contributed by atoms with Crippen LogP contribution < -0.4 is 10.3 Å². The summed E-state index contributed by atoms with van der Waals surface area (Å²) in [6, 6.07) is 19.1. The van der Waals surface area contributed by atoms with Crippen molar-refractivity contribution >= 4 is 10.0 Å². The monoisotopic (exact) mass is 302 g/mol. The molecule has 0 amide bonds. The zero-order valence-corrected chi connectivity index (χ0v) is 12.5. The summed E-state index contributed by atoms with van der Waals surface area (Å²) in [6.45, 7) is 1.66. The van der Waals surface area contributed by atoms with Gasteiger partial charge in [0.2, 0.25) is 10.0 Å². The van der Waals surface area contributed by atoms with Crippen molar-refractivity contribution in [3.8, 4) is 0 Å². The van der Waals surface area contributed by atoms with Gasteiger partial charge >= 0.3 is 0 Å². The summed E-state index contributed by atoms with van der Waals surface area (Å²) in [6.07, 6.45) is 1.48. The second kappa shape index (κ2) is 7.17. The maximum atomic E-state index is 11.7. The van der Waals surface area contributed by atoms with Gasteiger partial charge in [-0.25, -0.2) is 13.8 Å². The number of hydrazine groups is 1. The minimum Gasteiger partial charge on any atom is -0.232 e. The molecule has 0 atom stereocenters. The standard InChI is InChI=1S/C16H18N2O2S/c1-2-13-21(19,20)18-17-16(14-9-5-3-6-10-14)15-11-7-4-8-12-15/h2-13,16-18H,1H3. The molecule has 2 rings (SSSR count). The average molecular weight is 302 g/mol. The van der Waals surface area contributed by atoms with Crippen LogP contribution >= 0.6 is 0 Å². The van der Waals surface area contributed by atoms with Crippen LogP contribution in [0.15, 0.2) is 72.1 Å². The lowest BCUT2D eigenvalue weighted by Gasteiger charge is -2.19. The first-order valence-electron chi connectivity index (χ1n) is 6.62. The van der Waals surface area contributed by atoms with Crippen molar-refractivity contribution in [1.82, 2.24) is 10.3 Å². The van der Waals surface area contributed by atoms with E-state index in [0.29, 0.717) is 0 Å². The molecule has 0 heterocycles. The Morgan fingerprint density at radius 2 is 1.38 bits per heavy atom. The molecule has 0 fully saturated rings. The van der Waals surface area contributed by atoms with Crippen LogP contribution in [-0.4, -0.2) is 8.42 Å². The second-order valence-electron chi connectivity index (χ2n) is 4.52. The smallest absolute Gasteiger partial charge is 0.232 e. The third-order valence-electron chi connectivity index (χ3n) is 2.93. The van der Waals surface area contributed by atoms with Crippen LogP contribution in [0.4, 0.5) is 0 Å². The first-order valence-corrected chi connectivity index (χ1v) is 8.17. The van der Waals surface area contributed by atoms with Gasteiger partial charge in [-0.1, -0.05) is 66.7 Å². The highest BCUT2D eigenvalue weighted by atomic mass is 32.2. The normalized spacial score (nSPS) is 12.1. The lowest BCUT2D eigenvalue weighted by atomic mass is 10.00. The highest BCUT2D eigenvalue weighted by molar-refractivity contribution is 7.92. The quantitative estimate of drug-likeness (QED) is 0.807. The van der Waals surface area contributed by atoms with Gasteiger partial charge in [0.1, 0.15) is 0 Å². The van der Waals surface area contributed by atoms with E-state index in [-0.39, 0.29) is 6.04 Å². The fourth-order valence-corrected chi connectivity index (χ4v) is 2.71. The van der Waals surface area contributed by atoms with E-state index >= 15 is 0 Å². The molecule has 0 aliphatic rings. The zero-order valence-electron chi connectivity index (χ0n) is 11.7. The highest BCUT2D eigenvalue weighted by Crippen LogP contribution is 2.20. The minimum absolute atomic E-state index is 0.257. The first kappa shape index (κ1) is 15.4. The van der Waals surface area contributed by atoms with Crippen molar-refractivity contribution < 1.29 is 8.42 Å². The summed E-state index contributed by atoms with van der Waals surface area (Å²) in [7, 11) is -3.48. The van der Waals surface area contributed by atoms with E-state index < -0.39 is 10.0 Å². The highest BCUT2D eigenvalue weighted by Gasteiger charge is 2.15. The number of benzene rings is 2. The van der Waals surface area contributed by atoms with Gasteiger partial charge < -0.3 is 0 Å². The Hall–Kier alpha value is -1.95. The Morgan fingerprint density at radius 1 is 0.905 bits per heavy atom. The van der Waals surface area contributed by atoms with Crippen molar-refractivity contribution in [2.45, 2.75) is 13.0 Å². The maximum absolute atomic E-state index is 11.7. The van der Waals surface area contributed by atoms with E-state index in [2.05, 4.69) is 10.3 Å². The molecule has 0 aromatic heterocycles. The van der Waals surface area contributed by atoms with Crippen LogP contribution in [0.1, 0.15) is 24.1 Å². The van der Waals surface area contributed by atoms with Crippen LogP contribution in [0.3, 0.4) is 0 Å². The van der Waals surface area contributed by atoms with Gasteiger partial charge in [-0.3, -0.25) is 0 Å². The molecule has 0 saturated heterocycles. The third kappa shape index (κ3) is 4.53. The molecule has 0 unspecified atom stereocenters. The lowest BCUT2D eigenvalue weighted by Crippen LogP contribution is -2.39. The molecule has 2 N–H and O–H groups in total. The molecule has 0 saturated carbocycles. The number of sulfonamides is 1. The molecule has 110 valence electrons. The summed E-state index contributed by atoms with van der Waals surface area (Å²) in [5.41, 5.74) is 4.85. The van der Waals surface area contributed by atoms with Crippen LogP contribution in [0.5, 0.6) is 0 Å². The summed E-state index contributed by atoms with van der Waals surface area (Å²) < 4.78 is 23.5. The third-order valence-corrected chi connectivity index (χ3v) is 3.96. The minimum atomic E-state index is -3.48. The van der Waals surface area contributed by atoms with Crippen LogP contribution in [0.25, 0.3) is 0 Å². The van der Waals surface area contributed by atoms with Crippen molar-refractivity contribution in [1.29, 1.82) is 0 Å². The molecular weight excluding hydrogens is 284 g/mol. The predicted octanol–water partition coefficient (Wildman–Crippen LogP) is 2.73. The van der Waals surface area contributed by atoms with Gasteiger partial charge in [-0.05, 0) is 18.1 Å². The van der Waals surface area contributed by atoms with Gasteiger partial charge in [0.25, 0.3) is 0 Å². The largest absolute Gasteiger partial charge is 0.246 e. The Bertz CT molecular complexity index is 643. The van der Waals surface area contributed by atoms with E-state index in [4.69, 9.17) is 0 Å². The van der Waals surface area contributed by atoms with Gasteiger partial charge in [0.15, 0.2) is 0 Å². The molecule has 2 aromatic rings. The summed E-state index contributed by atoms with van der Waals surface area (Å²) in [5, 5.41) is 1.12. The van der Waals surface area contributed by atoms with E-state index in [0.717, 1.165) is 16.5 Å². The molecule has 5 heteroatoms. The molecule has 0 spiro atoms. The fourth-order valence-electron chi connectivity index (χ4n) is 2.00. The van der Waals surface area contributed by atoms with Crippen molar-refractivity contribution in [3.63, 3.8) is 0 Å². The maximum Gasteiger partial charge on any atom is 0.246 e. The summed E-state index contributed by atoms with van der Waals surface area (Å²) in [4.78, 5) is 2.39. The number of hydrogen-bond donors (Lipinski definition) is 2. The van der Waals surface area contributed by atoms with E-state index in [9.17, 15) is 8.42 Å².